The van der Waals surface area contributed by atoms with Crippen molar-refractivity contribution in [1.82, 2.24) is 14.5 Å². The Kier molecular flexibility index (Phi) is 8.61. The molecular weight excluding hydrogens is 469 g/mol. The van der Waals surface area contributed by atoms with Crippen molar-refractivity contribution < 1.29 is 14.0 Å². The van der Waals surface area contributed by atoms with Crippen LogP contribution in [0.5, 0.6) is 0 Å². The third-order valence-electron chi connectivity index (χ3n) is 5.73. The first kappa shape index (κ1) is 25.0. The van der Waals surface area contributed by atoms with Gasteiger partial charge in [-0.1, -0.05) is 48.3 Å². The van der Waals surface area contributed by atoms with Crippen molar-refractivity contribution in [3.8, 4) is 0 Å². The van der Waals surface area contributed by atoms with E-state index in [1.807, 2.05) is 25.3 Å². The molecule has 1 saturated carbocycles. The van der Waals surface area contributed by atoms with Crippen molar-refractivity contribution in [3.63, 3.8) is 0 Å². The van der Waals surface area contributed by atoms with Crippen LogP contribution in [0.4, 0.5) is 4.39 Å². The molecular formula is C23H27ClFN3O2S2. The van der Waals surface area contributed by atoms with Gasteiger partial charge in [-0.25, -0.2) is 4.39 Å². The number of Topliss-reactive ketones (excluding diaryl/α,β-unsaturated/α-hetero) is 1. The van der Waals surface area contributed by atoms with Crippen LogP contribution in [0.1, 0.15) is 50.4 Å². The van der Waals surface area contributed by atoms with Crippen molar-refractivity contribution in [2.24, 2.45) is 11.8 Å². The van der Waals surface area contributed by atoms with Crippen LogP contribution in [0.2, 0.25) is 0 Å². The molecule has 1 aromatic carbocycles. The summed E-state index contributed by atoms with van der Waals surface area (Å²) in [5, 5.41) is 6.16. The third kappa shape index (κ3) is 5.84. The maximum atomic E-state index is 14.7. The van der Waals surface area contributed by atoms with Gasteiger partial charge in [0.25, 0.3) is 0 Å². The molecule has 2 heterocycles. The van der Waals surface area contributed by atoms with Crippen molar-refractivity contribution in [1.29, 1.82) is 0 Å². The molecule has 0 spiro atoms. The molecule has 2 atom stereocenters. The monoisotopic (exact) mass is 495 g/mol. The summed E-state index contributed by atoms with van der Waals surface area (Å²) in [4.78, 5) is 27.7. The minimum atomic E-state index is -0.600. The van der Waals surface area contributed by atoms with Gasteiger partial charge in [0.05, 0.1) is 11.7 Å². The molecule has 9 heteroatoms. The number of hydrogen-bond donors (Lipinski definition) is 0. The standard InChI is InChI=1S/C23H26FN3O2S2.ClH/c1-14(2)23(29)31-20-9-10-27(12-16(20)11-17-13-30-26-25-17)21(22(28)15-7-8-15)18-5-3-4-6-19(18)24;/h3-6,11,13-15,20-21H,7-10,12H2,1-2H3;1H/b16-11+;. The summed E-state index contributed by atoms with van der Waals surface area (Å²) in [5.74, 6) is -0.270. The first-order valence-corrected chi connectivity index (χ1v) is 12.4. The average molecular weight is 496 g/mol. The smallest absolute Gasteiger partial charge is 0.192 e. The predicted octanol–water partition coefficient (Wildman–Crippen LogP) is 5.19. The van der Waals surface area contributed by atoms with E-state index < -0.39 is 6.04 Å². The molecule has 2 aliphatic rings. The maximum absolute atomic E-state index is 14.7. The molecule has 2 aromatic rings. The van der Waals surface area contributed by atoms with Gasteiger partial charge in [0.2, 0.25) is 0 Å². The number of halogens is 2. The van der Waals surface area contributed by atoms with Crippen molar-refractivity contribution in [3.05, 3.63) is 52.3 Å². The van der Waals surface area contributed by atoms with E-state index in [0.717, 1.165) is 30.5 Å². The molecule has 0 amide bonds. The lowest BCUT2D eigenvalue weighted by Crippen LogP contribution is -2.43. The summed E-state index contributed by atoms with van der Waals surface area (Å²) in [6.07, 6.45) is 4.45. The Morgan fingerprint density at radius 2 is 2.00 bits per heavy atom. The second kappa shape index (κ2) is 11.0. The molecule has 1 saturated heterocycles. The highest BCUT2D eigenvalue weighted by Crippen LogP contribution is 2.41. The number of carbonyl (C=O) groups is 2. The third-order valence-corrected chi connectivity index (χ3v) is 7.78. The summed E-state index contributed by atoms with van der Waals surface area (Å²) < 4.78 is 18.7. The zero-order valence-electron chi connectivity index (χ0n) is 18.1. The number of rotatable bonds is 7. The van der Waals surface area contributed by atoms with E-state index in [1.54, 1.807) is 18.2 Å². The molecule has 1 aromatic heterocycles. The zero-order chi connectivity index (χ0) is 22.0. The van der Waals surface area contributed by atoms with Crippen LogP contribution >= 0.6 is 35.7 Å². The molecule has 5 nitrogen and oxygen atoms in total. The molecule has 2 fully saturated rings. The molecule has 2 unspecified atom stereocenters. The summed E-state index contributed by atoms with van der Waals surface area (Å²) in [7, 11) is 0. The van der Waals surface area contributed by atoms with E-state index in [9.17, 15) is 14.0 Å². The van der Waals surface area contributed by atoms with Gasteiger partial charge in [-0.2, -0.15) is 0 Å². The molecule has 0 radical (unpaired) electrons. The minimum absolute atomic E-state index is 0. The Labute approximate surface area is 202 Å². The number of benzene rings is 1. The lowest BCUT2D eigenvalue weighted by Gasteiger charge is -2.38. The Balaban J connectivity index is 0.00000289. The highest BCUT2D eigenvalue weighted by atomic mass is 35.5. The fraction of sp³-hybridized carbons (Fsp3) is 0.478. The van der Waals surface area contributed by atoms with Gasteiger partial charge in [-0.15, -0.1) is 17.5 Å². The first-order chi connectivity index (χ1) is 14.9. The Hall–Kier alpha value is -1.61. The Morgan fingerprint density at radius 1 is 1.25 bits per heavy atom. The van der Waals surface area contributed by atoms with Crippen LogP contribution in [-0.2, 0) is 9.59 Å². The van der Waals surface area contributed by atoms with Gasteiger partial charge < -0.3 is 0 Å². The number of ketones is 1. The highest BCUT2D eigenvalue weighted by Gasteiger charge is 2.41. The molecule has 172 valence electrons. The van der Waals surface area contributed by atoms with Crippen LogP contribution in [0.3, 0.4) is 0 Å². The van der Waals surface area contributed by atoms with Gasteiger partial charge in [0, 0.05) is 41.1 Å². The van der Waals surface area contributed by atoms with E-state index in [4.69, 9.17) is 0 Å². The van der Waals surface area contributed by atoms with Crippen LogP contribution < -0.4 is 0 Å². The van der Waals surface area contributed by atoms with Crippen LogP contribution in [0.25, 0.3) is 6.08 Å². The molecule has 32 heavy (non-hydrogen) atoms. The van der Waals surface area contributed by atoms with Gasteiger partial charge in [0.15, 0.2) is 10.9 Å². The molecule has 1 aliphatic carbocycles. The fourth-order valence-corrected chi connectivity index (χ4v) is 5.38. The summed E-state index contributed by atoms with van der Waals surface area (Å²) in [6, 6.07) is 5.98. The maximum Gasteiger partial charge on any atom is 0.192 e. The molecule has 4 rings (SSSR count). The summed E-state index contributed by atoms with van der Waals surface area (Å²) >= 11 is 2.64. The number of likely N-dealkylation sites (tertiary alicyclic amines) is 1. The van der Waals surface area contributed by atoms with Gasteiger partial charge in [0.1, 0.15) is 5.82 Å². The lowest BCUT2D eigenvalue weighted by molar-refractivity contribution is -0.126. The van der Waals surface area contributed by atoms with Gasteiger partial charge in [-0.05, 0) is 48.5 Å². The Morgan fingerprint density at radius 3 is 2.62 bits per heavy atom. The number of nitrogens with zero attached hydrogens (tertiary/aromatic N) is 3. The lowest BCUT2D eigenvalue weighted by atomic mass is 9.93. The quantitative estimate of drug-likeness (QED) is 0.526. The minimum Gasteiger partial charge on any atom is -0.297 e. The highest BCUT2D eigenvalue weighted by molar-refractivity contribution is 8.14. The van der Waals surface area contributed by atoms with E-state index in [1.165, 1.54) is 29.4 Å². The normalized spacial score (nSPS) is 21.4. The zero-order valence-corrected chi connectivity index (χ0v) is 20.5. The van der Waals surface area contributed by atoms with Gasteiger partial charge in [-0.3, -0.25) is 14.5 Å². The van der Waals surface area contributed by atoms with E-state index in [-0.39, 0.29) is 46.2 Å². The largest absolute Gasteiger partial charge is 0.297 e. The van der Waals surface area contributed by atoms with Crippen LogP contribution in [0, 0.1) is 17.7 Å². The first-order valence-electron chi connectivity index (χ1n) is 10.6. The molecule has 0 N–H and O–H groups in total. The van der Waals surface area contributed by atoms with E-state index in [0.29, 0.717) is 18.7 Å². The predicted molar refractivity (Wildman–Crippen MR) is 129 cm³/mol. The van der Waals surface area contributed by atoms with E-state index in [2.05, 4.69) is 14.5 Å². The molecule has 0 bridgehead atoms. The number of hydrogen-bond acceptors (Lipinski definition) is 7. The van der Waals surface area contributed by atoms with Crippen molar-refractivity contribution >= 4 is 52.7 Å². The number of piperidine rings is 1. The van der Waals surface area contributed by atoms with Gasteiger partial charge >= 0.3 is 0 Å². The SMILES string of the molecule is CC(C)C(=O)SC1CCN(C(C(=O)C2CC2)c2ccccc2F)C/C1=C\c1csnn1.Cl. The Bertz CT molecular complexity index is 979. The van der Waals surface area contributed by atoms with Crippen LogP contribution in [-0.4, -0.2) is 43.7 Å². The van der Waals surface area contributed by atoms with Crippen molar-refractivity contribution in [2.45, 2.75) is 44.4 Å². The number of carbonyl (C=O) groups excluding carboxylic acids is 2. The molecule has 1 aliphatic heterocycles. The second-order valence-corrected chi connectivity index (χ2v) is 10.3. The summed E-state index contributed by atoms with van der Waals surface area (Å²) in [6.45, 7) is 4.94. The fourth-order valence-electron chi connectivity index (χ4n) is 3.90. The van der Waals surface area contributed by atoms with Crippen LogP contribution in [0.15, 0.2) is 35.2 Å². The average Bonchev–Trinajstić information content (AvgIpc) is 3.48. The summed E-state index contributed by atoms with van der Waals surface area (Å²) in [5.41, 5.74) is 2.22. The topological polar surface area (TPSA) is 63.2 Å². The second-order valence-electron chi connectivity index (χ2n) is 8.49. The number of aromatic nitrogens is 2. The number of thioether (sulfide) groups is 1. The van der Waals surface area contributed by atoms with E-state index >= 15 is 0 Å². The van der Waals surface area contributed by atoms with Crippen molar-refractivity contribution in [2.75, 3.05) is 13.1 Å².